The summed E-state index contributed by atoms with van der Waals surface area (Å²) < 4.78 is 5.86. The lowest BCUT2D eigenvalue weighted by Crippen LogP contribution is -1.92. The fraction of sp³-hybridized carbons (Fsp3) is 0. The van der Waals surface area contributed by atoms with Crippen LogP contribution in [-0.2, 0) is 0 Å². The SMILES string of the molecule is Clc1ccc(-c2cnc(Oc3cccc4ccccc34)nc2)cc1. The van der Waals surface area contributed by atoms with Crippen LogP contribution in [0.15, 0.2) is 79.1 Å². The van der Waals surface area contributed by atoms with Crippen molar-refractivity contribution in [1.29, 1.82) is 0 Å². The number of ether oxygens (including phenoxy) is 1. The number of halogens is 1. The van der Waals surface area contributed by atoms with Gasteiger partial charge in [-0.15, -0.1) is 0 Å². The molecule has 3 aromatic carbocycles. The molecule has 4 rings (SSSR count). The van der Waals surface area contributed by atoms with Gasteiger partial charge >= 0.3 is 6.01 Å². The van der Waals surface area contributed by atoms with Gasteiger partial charge in [0.2, 0.25) is 0 Å². The summed E-state index contributed by atoms with van der Waals surface area (Å²) in [4.78, 5) is 8.63. The second-order valence-electron chi connectivity index (χ2n) is 5.34. The Kier molecular flexibility index (Phi) is 3.85. The van der Waals surface area contributed by atoms with E-state index < -0.39 is 0 Å². The first-order chi connectivity index (χ1) is 11.8. The van der Waals surface area contributed by atoms with Crippen molar-refractivity contribution in [3.63, 3.8) is 0 Å². The van der Waals surface area contributed by atoms with Crippen LogP contribution in [0.1, 0.15) is 0 Å². The summed E-state index contributed by atoms with van der Waals surface area (Å²) in [7, 11) is 0. The molecule has 0 N–H and O–H groups in total. The first kappa shape index (κ1) is 14.7. The summed E-state index contributed by atoms with van der Waals surface area (Å²) in [5.74, 6) is 0.743. The Morgan fingerprint density at radius 2 is 1.42 bits per heavy atom. The van der Waals surface area contributed by atoms with Crippen molar-refractivity contribution in [3.8, 4) is 22.9 Å². The zero-order chi connectivity index (χ0) is 16.4. The van der Waals surface area contributed by atoms with Crippen molar-refractivity contribution in [2.75, 3.05) is 0 Å². The normalized spacial score (nSPS) is 10.7. The largest absolute Gasteiger partial charge is 0.424 e. The van der Waals surface area contributed by atoms with E-state index in [1.54, 1.807) is 12.4 Å². The maximum Gasteiger partial charge on any atom is 0.321 e. The van der Waals surface area contributed by atoms with Crippen molar-refractivity contribution in [1.82, 2.24) is 9.97 Å². The van der Waals surface area contributed by atoms with E-state index in [-0.39, 0.29) is 0 Å². The molecule has 0 atom stereocenters. The molecule has 0 aliphatic heterocycles. The van der Waals surface area contributed by atoms with Crippen LogP contribution in [-0.4, -0.2) is 9.97 Å². The minimum atomic E-state index is 0.323. The summed E-state index contributed by atoms with van der Waals surface area (Å²) >= 11 is 5.91. The number of hydrogen-bond donors (Lipinski definition) is 0. The number of rotatable bonds is 3. The van der Waals surface area contributed by atoms with E-state index in [4.69, 9.17) is 16.3 Å². The van der Waals surface area contributed by atoms with Gasteiger partial charge in [-0.3, -0.25) is 0 Å². The Morgan fingerprint density at radius 1 is 0.708 bits per heavy atom. The second kappa shape index (κ2) is 6.30. The van der Waals surface area contributed by atoms with Crippen molar-refractivity contribution in [2.45, 2.75) is 0 Å². The molecule has 3 nitrogen and oxygen atoms in total. The van der Waals surface area contributed by atoms with E-state index in [1.165, 1.54) is 0 Å². The molecule has 116 valence electrons. The zero-order valence-corrected chi connectivity index (χ0v) is 13.4. The Morgan fingerprint density at radius 3 is 2.21 bits per heavy atom. The Bertz CT molecular complexity index is 977. The van der Waals surface area contributed by atoms with Gasteiger partial charge in [-0.25, -0.2) is 9.97 Å². The average Bonchev–Trinajstić information content (AvgIpc) is 2.63. The molecule has 0 saturated carbocycles. The number of aromatic nitrogens is 2. The lowest BCUT2D eigenvalue weighted by molar-refractivity contribution is 0.447. The number of benzene rings is 3. The molecule has 0 amide bonds. The van der Waals surface area contributed by atoms with E-state index in [0.717, 1.165) is 27.6 Å². The molecule has 0 saturated heterocycles. The van der Waals surface area contributed by atoms with Crippen molar-refractivity contribution in [3.05, 3.63) is 84.1 Å². The highest BCUT2D eigenvalue weighted by molar-refractivity contribution is 6.30. The Hall–Kier alpha value is -2.91. The fourth-order valence-corrected chi connectivity index (χ4v) is 2.67. The van der Waals surface area contributed by atoms with Crippen molar-refractivity contribution in [2.24, 2.45) is 0 Å². The fourth-order valence-electron chi connectivity index (χ4n) is 2.54. The van der Waals surface area contributed by atoms with Crippen molar-refractivity contribution < 1.29 is 4.74 Å². The number of fused-ring (bicyclic) bond motifs is 1. The molecule has 1 aromatic heterocycles. The molecule has 4 aromatic rings. The van der Waals surface area contributed by atoms with E-state index in [0.29, 0.717) is 11.0 Å². The molecule has 0 spiro atoms. The van der Waals surface area contributed by atoms with E-state index in [1.807, 2.05) is 66.7 Å². The van der Waals surface area contributed by atoms with Gasteiger partial charge in [0.1, 0.15) is 5.75 Å². The monoisotopic (exact) mass is 332 g/mol. The Balaban J connectivity index is 1.62. The number of hydrogen-bond acceptors (Lipinski definition) is 3. The predicted molar refractivity (Wildman–Crippen MR) is 96.5 cm³/mol. The van der Waals surface area contributed by atoms with Crippen LogP contribution in [0.2, 0.25) is 5.02 Å². The third-order valence-electron chi connectivity index (χ3n) is 3.76. The van der Waals surface area contributed by atoms with Crippen LogP contribution in [0.4, 0.5) is 0 Å². The van der Waals surface area contributed by atoms with Crippen LogP contribution in [0.3, 0.4) is 0 Å². The molecule has 0 radical (unpaired) electrons. The minimum Gasteiger partial charge on any atom is -0.424 e. The summed E-state index contributed by atoms with van der Waals surface area (Å²) in [6.07, 6.45) is 3.49. The zero-order valence-electron chi connectivity index (χ0n) is 12.7. The molecule has 0 aliphatic rings. The van der Waals surface area contributed by atoms with Crippen molar-refractivity contribution >= 4 is 22.4 Å². The predicted octanol–water partition coefficient (Wildman–Crippen LogP) is 5.74. The summed E-state index contributed by atoms with van der Waals surface area (Å²) in [6, 6.07) is 21.9. The summed E-state index contributed by atoms with van der Waals surface area (Å²) in [6.45, 7) is 0. The molecule has 1 heterocycles. The molecular weight excluding hydrogens is 320 g/mol. The van der Waals surface area contributed by atoms with Gasteiger partial charge in [0, 0.05) is 28.4 Å². The van der Waals surface area contributed by atoms with Gasteiger partial charge in [-0.05, 0) is 29.1 Å². The average molecular weight is 333 g/mol. The second-order valence-corrected chi connectivity index (χ2v) is 5.78. The molecule has 0 aliphatic carbocycles. The molecular formula is C20H13ClN2O. The van der Waals surface area contributed by atoms with Crippen LogP contribution in [0.25, 0.3) is 21.9 Å². The van der Waals surface area contributed by atoms with Crippen LogP contribution >= 0.6 is 11.6 Å². The summed E-state index contributed by atoms with van der Waals surface area (Å²) in [5.41, 5.74) is 1.92. The third kappa shape index (κ3) is 2.94. The van der Waals surface area contributed by atoms with E-state index in [9.17, 15) is 0 Å². The first-order valence-corrected chi connectivity index (χ1v) is 7.91. The van der Waals surface area contributed by atoms with E-state index >= 15 is 0 Å². The van der Waals surface area contributed by atoms with Crippen LogP contribution < -0.4 is 4.74 Å². The Labute approximate surface area is 144 Å². The van der Waals surface area contributed by atoms with Gasteiger partial charge < -0.3 is 4.74 Å². The van der Waals surface area contributed by atoms with Gasteiger partial charge in [-0.2, -0.15) is 0 Å². The molecule has 0 bridgehead atoms. The lowest BCUT2D eigenvalue weighted by atomic mass is 10.1. The highest BCUT2D eigenvalue weighted by atomic mass is 35.5. The molecule has 0 fully saturated rings. The maximum absolute atomic E-state index is 5.91. The van der Waals surface area contributed by atoms with Crippen LogP contribution in [0.5, 0.6) is 11.8 Å². The maximum atomic E-state index is 5.91. The molecule has 24 heavy (non-hydrogen) atoms. The van der Waals surface area contributed by atoms with Gasteiger partial charge in [0.25, 0.3) is 0 Å². The van der Waals surface area contributed by atoms with Gasteiger partial charge in [0.05, 0.1) is 0 Å². The quantitative estimate of drug-likeness (QED) is 0.479. The minimum absolute atomic E-state index is 0.323. The first-order valence-electron chi connectivity index (χ1n) is 7.53. The standard InChI is InChI=1S/C20H13ClN2O/c21-17-10-8-14(9-11-17)16-12-22-20(23-13-16)24-19-7-3-5-15-4-1-2-6-18(15)19/h1-13H. The molecule has 0 unspecified atom stereocenters. The smallest absolute Gasteiger partial charge is 0.321 e. The highest BCUT2D eigenvalue weighted by Gasteiger charge is 2.06. The topological polar surface area (TPSA) is 35.0 Å². The van der Waals surface area contributed by atoms with Crippen LogP contribution in [0, 0.1) is 0 Å². The highest BCUT2D eigenvalue weighted by Crippen LogP contribution is 2.28. The summed E-state index contributed by atoms with van der Waals surface area (Å²) in [5, 5.41) is 2.86. The van der Waals surface area contributed by atoms with Gasteiger partial charge in [-0.1, -0.05) is 60.1 Å². The van der Waals surface area contributed by atoms with E-state index in [2.05, 4.69) is 9.97 Å². The lowest BCUT2D eigenvalue weighted by Gasteiger charge is -2.08. The number of nitrogens with zero attached hydrogens (tertiary/aromatic N) is 2. The van der Waals surface area contributed by atoms with Gasteiger partial charge in [0.15, 0.2) is 0 Å². The molecule has 4 heteroatoms. The third-order valence-corrected chi connectivity index (χ3v) is 4.01.